The summed E-state index contributed by atoms with van der Waals surface area (Å²) < 4.78 is 18.9. The molecule has 1 aromatic carbocycles. The Balaban J connectivity index is 1.62. The largest absolute Gasteiger partial charge is 0.375 e. The molecule has 2 fully saturated rings. The molecule has 3 rings (SSSR count). The van der Waals surface area contributed by atoms with Crippen molar-refractivity contribution in [3.63, 3.8) is 0 Å². The molecule has 2 heterocycles. The fraction of sp³-hybridized carbons (Fsp3) is 0.611. The standard InChI is InChI=1S/C18H26FN3O2/c1-12-10-14(19)5-6-16(12)22-8-3-4-15(11-22)21-18(23)17-13(2)24-9-7-20-17/h5-6,10,13,15,17,20H,3-4,7-9,11H2,1-2H3,(H,21,23)/t13-,15?,17+/m1/s1. The van der Waals surface area contributed by atoms with Crippen LogP contribution in [0.5, 0.6) is 0 Å². The average Bonchev–Trinajstić information content (AvgIpc) is 2.55. The van der Waals surface area contributed by atoms with E-state index in [-0.39, 0.29) is 29.9 Å². The van der Waals surface area contributed by atoms with Crippen LogP contribution in [0.2, 0.25) is 0 Å². The maximum atomic E-state index is 13.3. The second-order valence-corrected chi connectivity index (χ2v) is 6.73. The van der Waals surface area contributed by atoms with Gasteiger partial charge < -0.3 is 20.3 Å². The maximum Gasteiger partial charge on any atom is 0.240 e. The number of hydrogen-bond acceptors (Lipinski definition) is 4. The van der Waals surface area contributed by atoms with Crippen LogP contribution in [-0.4, -0.2) is 50.3 Å². The summed E-state index contributed by atoms with van der Waals surface area (Å²) in [7, 11) is 0. The highest BCUT2D eigenvalue weighted by molar-refractivity contribution is 5.82. The zero-order chi connectivity index (χ0) is 17.1. The molecule has 6 heteroatoms. The topological polar surface area (TPSA) is 53.6 Å². The van der Waals surface area contributed by atoms with Gasteiger partial charge in [0.1, 0.15) is 11.9 Å². The lowest BCUT2D eigenvalue weighted by Gasteiger charge is -2.37. The van der Waals surface area contributed by atoms with Crippen molar-refractivity contribution in [1.82, 2.24) is 10.6 Å². The van der Waals surface area contributed by atoms with E-state index in [0.29, 0.717) is 13.2 Å². The number of carbonyl (C=O) groups excluding carboxylic acids is 1. The minimum atomic E-state index is -0.290. The zero-order valence-corrected chi connectivity index (χ0v) is 14.3. The third-order valence-electron chi connectivity index (χ3n) is 4.87. The molecule has 2 aliphatic rings. The van der Waals surface area contributed by atoms with Gasteiger partial charge in [0.05, 0.1) is 12.7 Å². The third kappa shape index (κ3) is 3.87. The number of anilines is 1. The van der Waals surface area contributed by atoms with E-state index in [1.165, 1.54) is 6.07 Å². The van der Waals surface area contributed by atoms with Gasteiger partial charge in [-0.05, 0) is 50.5 Å². The number of rotatable bonds is 3. The number of aryl methyl sites for hydroxylation is 1. The number of ether oxygens (including phenoxy) is 1. The van der Waals surface area contributed by atoms with Crippen LogP contribution < -0.4 is 15.5 Å². The summed E-state index contributed by atoms with van der Waals surface area (Å²) in [5, 5.41) is 6.38. The molecule has 132 valence electrons. The van der Waals surface area contributed by atoms with E-state index in [0.717, 1.165) is 37.2 Å². The number of nitrogens with one attached hydrogen (secondary N) is 2. The van der Waals surface area contributed by atoms with Crippen LogP contribution in [0.4, 0.5) is 10.1 Å². The Kier molecular flexibility index (Phi) is 5.36. The number of amides is 1. The number of piperidine rings is 1. The highest BCUT2D eigenvalue weighted by Gasteiger charge is 2.31. The Labute approximate surface area is 142 Å². The molecule has 2 aliphatic heterocycles. The SMILES string of the molecule is Cc1cc(F)ccc1N1CCCC(NC(=O)[C@H]2NCCO[C@@H]2C)C1. The molecular weight excluding hydrogens is 309 g/mol. The van der Waals surface area contributed by atoms with Gasteiger partial charge in [0, 0.05) is 31.4 Å². The first-order valence-corrected chi connectivity index (χ1v) is 8.71. The Morgan fingerprint density at radius 2 is 2.29 bits per heavy atom. The summed E-state index contributed by atoms with van der Waals surface area (Å²) in [4.78, 5) is 14.7. The number of benzene rings is 1. The fourth-order valence-corrected chi connectivity index (χ4v) is 3.61. The van der Waals surface area contributed by atoms with Crippen molar-refractivity contribution in [2.75, 3.05) is 31.1 Å². The van der Waals surface area contributed by atoms with Crippen LogP contribution in [0, 0.1) is 12.7 Å². The van der Waals surface area contributed by atoms with E-state index < -0.39 is 0 Å². The van der Waals surface area contributed by atoms with E-state index in [9.17, 15) is 9.18 Å². The summed E-state index contributed by atoms with van der Waals surface area (Å²) in [5.41, 5.74) is 1.97. The Morgan fingerprint density at radius 3 is 3.04 bits per heavy atom. The molecule has 1 unspecified atom stereocenters. The van der Waals surface area contributed by atoms with Gasteiger partial charge in [0.15, 0.2) is 0 Å². The van der Waals surface area contributed by atoms with Crippen molar-refractivity contribution < 1.29 is 13.9 Å². The number of halogens is 1. The number of morpholine rings is 1. The summed E-state index contributed by atoms with van der Waals surface area (Å²) in [5.74, 6) is -0.208. The Bertz CT molecular complexity index is 596. The molecule has 3 atom stereocenters. The van der Waals surface area contributed by atoms with Gasteiger partial charge in [0.25, 0.3) is 0 Å². The van der Waals surface area contributed by atoms with Crippen molar-refractivity contribution in [3.8, 4) is 0 Å². The average molecular weight is 335 g/mol. The van der Waals surface area contributed by atoms with Crippen LogP contribution in [0.3, 0.4) is 0 Å². The van der Waals surface area contributed by atoms with Gasteiger partial charge in [0.2, 0.25) is 5.91 Å². The zero-order valence-electron chi connectivity index (χ0n) is 14.3. The molecule has 5 nitrogen and oxygen atoms in total. The quantitative estimate of drug-likeness (QED) is 0.881. The molecule has 2 saturated heterocycles. The smallest absolute Gasteiger partial charge is 0.240 e. The van der Waals surface area contributed by atoms with Crippen LogP contribution in [0.25, 0.3) is 0 Å². The highest BCUT2D eigenvalue weighted by Crippen LogP contribution is 2.24. The normalized spacial score (nSPS) is 27.8. The molecule has 0 spiro atoms. The van der Waals surface area contributed by atoms with Crippen LogP contribution in [-0.2, 0) is 9.53 Å². The molecule has 0 bridgehead atoms. The van der Waals surface area contributed by atoms with Crippen molar-refractivity contribution >= 4 is 11.6 Å². The molecule has 0 saturated carbocycles. The third-order valence-corrected chi connectivity index (χ3v) is 4.87. The van der Waals surface area contributed by atoms with E-state index in [4.69, 9.17) is 4.74 Å². The van der Waals surface area contributed by atoms with Crippen molar-refractivity contribution in [1.29, 1.82) is 0 Å². The minimum absolute atomic E-state index is 0.00452. The van der Waals surface area contributed by atoms with Crippen LogP contribution >= 0.6 is 0 Å². The lowest BCUT2D eigenvalue weighted by atomic mass is 10.0. The Hall–Kier alpha value is -1.66. The van der Waals surface area contributed by atoms with Gasteiger partial charge >= 0.3 is 0 Å². The number of carbonyl (C=O) groups is 1. The lowest BCUT2D eigenvalue weighted by molar-refractivity contribution is -0.129. The first-order chi connectivity index (χ1) is 11.5. The summed E-state index contributed by atoms with van der Waals surface area (Å²) in [6, 6.07) is 4.69. The van der Waals surface area contributed by atoms with Gasteiger partial charge in [-0.15, -0.1) is 0 Å². The van der Waals surface area contributed by atoms with Gasteiger partial charge in [-0.3, -0.25) is 4.79 Å². The van der Waals surface area contributed by atoms with Crippen molar-refractivity contribution in [3.05, 3.63) is 29.6 Å². The van der Waals surface area contributed by atoms with Crippen LogP contribution in [0.1, 0.15) is 25.3 Å². The van der Waals surface area contributed by atoms with Crippen molar-refractivity contribution in [2.24, 2.45) is 0 Å². The summed E-state index contributed by atoms with van der Waals surface area (Å²) in [6.45, 7) is 6.87. The van der Waals surface area contributed by atoms with E-state index >= 15 is 0 Å². The van der Waals surface area contributed by atoms with E-state index in [1.807, 2.05) is 19.9 Å². The fourth-order valence-electron chi connectivity index (χ4n) is 3.61. The second kappa shape index (κ2) is 7.49. The molecule has 0 aromatic heterocycles. The summed E-state index contributed by atoms with van der Waals surface area (Å²) in [6.07, 6.45) is 1.86. The van der Waals surface area contributed by atoms with Gasteiger partial charge in [-0.25, -0.2) is 4.39 Å². The predicted molar refractivity (Wildman–Crippen MR) is 91.7 cm³/mol. The molecule has 2 N–H and O–H groups in total. The first kappa shape index (κ1) is 17.2. The molecular formula is C18H26FN3O2. The molecule has 1 amide bonds. The van der Waals surface area contributed by atoms with Gasteiger partial charge in [-0.1, -0.05) is 0 Å². The second-order valence-electron chi connectivity index (χ2n) is 6.73. The molecule has 24 heavy (non-hydrogen) atoms. The maximum absolute atomic E-state index is 13.3. The number of nitrogens with zero attached hydrogens (tertiary/aromatic N) is 1. The highest BCUT2D eigenvalue weighted by atomic mass is 19.1. The molecule has 1 aromatic rings. The number of hydrogen-bond donors (Lipinski definition) is 2. The monoisotopic (exact) mass is 335 g/mol. The van der Waals surface area contributed by atoms with Crippen molar-refractivity contribution in [2.45, 2.75) is 44.9 Å². The first-order valence-electron chi connectivity index (χ1n) is 8.71. The van der Waals surface area contributed by atoms with Crippen LogP contribution in [0.15, 0.2) is 18.2 Å². The summed E-state index contributed by atoms with van der Waals surface area (Å²) >= 11 is 0. The molecule has 0 radical (unpaired) electrons. The van der Waals surface area contributed by atoms with E-state index in [1.54, 1.807) is 6.07 Å². The predicted octanol–water partition coefficient (Wildman–Crippen LogP) is 1.60. The lowest BCUT2D eigenvalue weighted by Crippen LogP contribution is -2.59. The minimum Gasteiger partial charge on any atom is -0.375 e. The molecule has 0 aliphatic carbocycles. The van der Waals surface area contributed by atoms with E-state index in [2.05, 4.69) is 15.5 Å². The van der Waals surface area contributed by atoms with Gasteiger partial charge in [-0.2, -0.15) is 0 Å². The Morgan fingerprint density at radius 1 is 1.46 bits per heavy atom.